The van der Waals surface area contributed by atoms with Crippen LogP contribution in [-0.4, -0.2) is 48.2 Å². The van der Waals surface area contributed by atoms with Gasteiger partial charge in [0.1, 0.15) is 17.3 Å². The van der Waals surface area contributed by atoms with Crippen LogP contribution in [0.2, 0.25) is 0 Å². The lowest BCUT2D eigenvalue weighted by atomic mass is 10.00. The Morgan fingerprint density at radius 3 is 2.43 bits per heavy atom. The molecule has 0 saturated carbocycles. The largest absolute Gasteiger partial charge is 0.404 e. The molecule has 11 heteroatoms. The molecule has 0 unspecified atom stereocenters. The van der Waals surface area contributed by atoms with Crippen LogP contribution in [0.25, 0.3) is 22.4 Å². The lowest BCUT2D eigenvalue weighted by Gasteiger charge is -2.24. The van der Waals surface area contributed by atoms with Crippen LogP contribution in [-0.2, 0) is 16.0 Å². The predicted octanol–water partition coefficient (Wildman–Crippen LogP) is 3.99. The fraction of sp³-hybridized carbons (Fsp3) is 0.343. The maximum absolute atomic E-state index is 13.6. The Hall–Kier alpha value is -4.87. The maximum atomic E-state index is 13.6. The summed E-state index contributed by atoms with van der Waals surface area (Å²) in [7, 11) is 0. The zero-order valence-corrected chi connectivity index (χ0v) is 26.3. The number of nitrogens with zero attached hydrogens (tertiary/aromatic N) is 3. The van der Waals surface area contributed by atoms with E-state index in [1.807, 2.05) is 49.6 Å². The van der Waals surface area contributed by atoms with Crippen molar-refractivity contribution in [3.63, 3.8) is 0 Å². The molecule has 2 saturated heterocycles. The molecule has 0 amide bonds. The molecule has 0 spiro atoms. The van der Waals surface area contributed by atoms with E-state index in [1.54, 1.807) is 24.6 Å². The van der Waals surface area contributed by atoms with Crippen molar-refractivity contribution in [1.29, 1.82) is 0 Å². The summed E-state index contributed by atoms with van der Waals surface area (Å²) in [5.74, 6) is 0.965. The van der Waals surface area contributed by atoms with E-state index in [2.05, 4.69) is 19.9 Å². The van der Waals surface area contributed by atoms with Gasteiger partial charge in [0.15, 0.2) is 0 Å². The predicted molar refractivity (Wildman–Crippen MR) is 186 cm³/mol. The van der Waals surface area contributed by atoms with E-state index < -0.39 is 0 Å². The van der Waals surface area contributed by atoms with Gasteiger partial charge in [0.25, 0.3) is 0 Å². The molecular formula is C35H44N8O3. The molecule has 9 N–H and O–H groups in total. The normalized spacial score (nSPS) is 17.5. The third-order valence-electron chi connectivity index (χ3n) is 8.33. The van der Waals surface area contributed by atoms with Gasteiger partial charge < -0.3 is 42.3 Å². The van der Waals surface area contributed by atoms with Crippen LogP contribution in [0.15, 0.2) is 82.9 Å². The van der Waals surface area contributed by atoms with Gasteiger partial charge in [-0.1, -0.05) is 29.8 Å². The number of benzene rings is 1. The van der Waals surface area contributed by atoms with E-state index in [9.17, 15) is 4.79 Å². The first-order valence-corrected chi connectivity index (χ1v) is 15.7. The molecule has 2 aliphatic heterocycles. The maximum Gasteiger partial charge on any atom is 0.212 e. The first-order valence-electron chi connectivity index (χ1n) is 15.7. The lowest BCUT2D eigenvalue weighted by Crippen LogP contribution is -2.23. The molecule has 1 aromatic carbocycles. The third-order valence-corrected chi connectivity index (χ3v) is 8.33. The first-order chi connectivity index (χ1) is 22.3. The second kappa shape index (κ2) is 15.4. The van der Waals surface area contributed by atoms with Gasteiger partial charge in [-0.15, -0.1) is 0 Å². The number of aliphatic imine (C=N–C) groups is 1. The van der Waals surface area contributed by atoms with Crippen molar-refractivity contribution in [3.05, 3.63) is 100 Å². The molecule has 0 radical (unpaired) electrons. The average Bonchev–Trinajstić information content (AvgIpc) is 3.07. The van der Waals surface area contributed by atoms with Gasteiger partial charge in [0.05, 0.1) is 6.04 Å². The Morgan fingerprint density at radius 2 is 1.74 bits per heavy atom. The molecule has 4 heterocycles. The Bertz CT molecular complexity index is 1680. The molecule has 3 aromatic rings. The van der Waals surface area contributed by atoms with Gasteiger partial charge in [0.2, 0.25) is 5.43 Å². The highest BCUT2D eigenvalue weighted by Gasteiger charge is 2.17. The number of hydrogen-bond donors (Lipinski definition) is 5. The van der Waals surface area contributed by atoms with Crippen LogP contribution in [0, 0.1) is 12.8 Å². The zero-order valence-electron chi connectivity index (χ0n) is 26.3. The monoisotopic (exact) mass is 624 g/mol. The molecule has 2 aromatic heterocycles. The number of nitrogens with one attached hydrogen (secondary N) is 1. The number of anilines is 2. The number of ether oxygens (including phenoxy) is 2. The topological polar surface area (TPSA) is 182 Å². The highest BCUT2D eigenvalue weighted by Crippen LogP contribution is 2.24. The number of hydrogen-bond acceptors (Lipinski definition) is 10. The molecular weight excluding hydrogens is 580 g/mol. The van der Waals surface area contributed by atoms with E-state index >= 15 is 0 Å². The smallest absolute Gasteiger partial charge is 0.212 e. The van der Waals surface area contributed by atoms with E-state index in [1.165, 1.54) is 6.20 Å². The SMILES string of the molecule is Cc1ccc(-c2cn(CC3CCOCC3)cc(N/C(N)=C/C=C(\N)c3cc(C(C=NC4CCOCC4)=CN)cnc3N)c2=O)cc1. The van der Waals surface area contributed by atoms with Crippen LogP contribution in [0.4, 0.5) is 11.5 Å². The first kappa shape index (κ1) is 32.5. The second-order valence-electron chi connectivity index (χ2n) is 11.8. The Morgan fingerprint density at radius 1 is 1.04 bits per heavy atom. The summed E-state index contributed by atoms with van der Waals surface area (Å²) in [5.41, 5.74) is 30.1. The molecule has 11 nitrogen and oxygen atoms in total. The van der Waals surface area contributed by atoms with Gasteiger partial charge in [-0.3, -0.25) is 9.79 Å². The fourth-order valence-corrected chi connectivity index (χ4v) is 5.56. The van der Waals surface area contributed by atoms with E-state index in [0.717, 1.165) is 62.1 Å². The summed E-state index contributed by atoms with van der Waals surface area (Å²) in [4.78, 5) is 22.7. The molecule has 242 valence electrons. The van der Waals surface area contributed by atoms with E-state index in [4.69, 9.17) is 32.4 Å². The van der Waals surface area contributed by atoms with Crippen molar-refractivity contribution in [2.45, 2.75) is 45.2 Å². The third kappa shape index (κ3) is 8.43. The summed E-state index contributed by atoms with van der Waals surface area (Å²) in [5, 5.41) is 3.10. The van der Waals surface area contributed by atoms with Crippen molar-refractivity contribution in [2.75, 3.05) is 37.5 Å². The van der Waals surface area contributed by atoms with Crippen molar-refractivity contribution in [1.82, 2.24) is 9.55 Å². The molecule has 5 rings (SSSR count). The summed E-state index contributed by atoms with van der Waals surface area (Å²) in [6, 6.07) is 9.94. The summed E-state index contributed by atoms with van der Waals surface area (Å²) in [6.07, 6.45) is 15.6. The minimum absolute atomic E-state index is 0.148. The number of aryl methyl sites for hydroxylation is 1. The minimum Gasteiger partial charge on any atom is -0.404 e. The zero-order chi connectivity index (χ0) is 32.5. The van der Waals surface area contributed by atoms with Crippen molar-refractivity contribution in [2.24, 2.45) is 28.1 Å². The second-order valence-corrected chi connectivity index (χ2v) is 11.8. The van der Waals surface area contributed by atoms with Crippen molar-refractivity contribution in [3.8, 4) is 11.1 Å². The van der Waals surface area contributed by atoms with Crippen LogP contribution < -0.4 is 33.7 Å². The molecule has 0 atom stereocenters. The highest BCUT2D eigenvalue weighted by molar-refractivity contribution is 6.09. The van der Waals surface area contributed by atoms with Gasteiger partial charge in [0, 0.05) is 91.9 Å². The Balaban J connectivity index is 1.38. The Labute approximate surface area is 269 Å². The molecule has 46 heavy (non-hydrogen) atoms. The number of pyridine rings is 2. The number of nitrogen functional groups attached to an aromatic ring is 1. The molecule has 2 aliphatic rings. The minimum atomic E-state index is -0.148. The number of rotatable bonds is 10. The Kier molecular flexibility index (Phi) is 10.9. The van der Waals surface area contributed by atoms with Crippen molar-refractivity contribution >= 4 is 29.0 Å². The van der Waals surface area contributed by atoms with Crippen molar-refractivity contribution < 1.29 is 9.47 Å². The van der Waals surface area contributed by atoms with Crippen LogP contribution >= 0.6 is 0 Å². The van der Waals surface area contributed by atoms with Gasteiger partial charge >= 0.3 is 0 Å². The summed E-state index contributed by atoms with van der Waals surface area (Å²) < 4.78 is 13.0. The number of aromatic nitrogens is 2. The summed E-state index contributed by atoms with van der Waals surface area (Å²) >= 11 is 0. The number of nitrogens with two attached hydrogens (primary N) is 4. The van der Waals surface area contributed by atoms with Crippen LogP contribution in [0.5, 0.6) is 0 Å². The fourth-order valence-electron chi connectivity index (χ4n) is 5.56. The van der Waals surface area contributed by atoms with Crippen LogP contribution in [0.1, 0.15) is 42.4 Å². The summed E-state index contributed by atoms with van der Waals surface area (Å²) in [6.45, 7) is 5.70. The van der Waals surface area contributed by atoms with Crippen LogP contribution in [0.3, 0.4) is 0 Å². The lowest BCUT2D eigenvalue weighted by molar-refractivity contribution is 0.0612. The molecule has 0 bridgehead atoms. The number of allylic oxidation sites excluding steroid dienone is 3. The van der Waals surface area contributed by atoms with E-state index in [-0.39, 0.29) is 23.1 Å². The van der Waals surface area contributed by atoms with E-state index in [0.29, 0.717) is 47.2 Å². The van der Waals surface area contributed by atoms with Gasteiger partial charge in [-0.2, -0.15) is 0 Å². The average molecular weight is 625 g/mol. The molecule has 2 fully saturated rings. The highest BCUT2D eigenvalue weighted by atomic mass is 16.5. The van der Waals surface area contributed by atoms with Gasteiger partial charge in [-0.05, 0) is 62.3 Å². The standard InChI is InChI=1S/C35H44N8O3/c1-23-2-4-25(5-3-23)30-21-43(20-24-8-12-45-13-9-24)22-32(34(30)44)42-33(38)7-6-31(37)29-16-26(18-41-35(29)39)27(17-36)19-40-28-10-14-46-15-11-28/h2-7,16-19,21-22,24,28,42H,8-15,20,36-38H2,1H3,(H2,39,41)/b27-17?,31-6-,33-7+,40-19?. The molecule has 0 aliphatic carbocycles. The van der Waals surface area contributed by atoms with Gasteiger partial charge in [-0.25, -0.2) is 4.98 Å². The quantitative estimate of drug-likeness (QED) is 0.165.